The molecule has 0 unspecified atom stereocenters. The van der Waals surface area contributed by atoms with Crippen LogP contribution in [0.2, 0.25) is 0 Å². The minimum Gasteiger partial charge on any atom is -0.395 e. The van der Waals surface area contributed by atoms with Crippen molar-refractivity contribution in [2.75, 3.05) is 32.8 Å². The van der Waals surface area contributed by atoms with Crippen LogP contribution in [0.1, 0.15) is 5.56 Å². The highest BCUT2D eigenvalue weighted by Crippen LogP contribution is 2.11. The van der Waals surface area contributed by atoms with E-state index in [1.54, 1.807) is 0 Å². The number of aliphatic hydroxyl groups is 2. The Morgan fingerprint density at radius 1 is 1.26 bits per heavy atom. The Morgan fingerprint density at radius 2 is 1.95 bits per heavy atom. The summed E-state index contributed by atoms with van der Waals surface area (Å²) in [6.07, 6.45) is 0.733. The van der Waals surface area contributed by atoms with E-state index in [4.69, 9.17) is 10.2 Å². The maximum absolute atomic E-state index is 11.8. The molecule has 0 aliphatic heterocycles. The van der Waals surface area contributed by atoms with Crippen molar-refractivity contribution in [3.63, 3.8) is 0 Å². The molecule has 0 saturated heterocycles. The summed E-state index contributed by atoms with van der Waals surface area (Å²) in [4.78, 5) is 13.2. The highest BCUT2D eigenvalue weighted by molar-refractivity contribution is 9.10. The molecule has 1 aromatic rings. The van der Waals surface area contributed by atoms with Crippen LogP contribution >= 0.6 is 15.9 Å². The van der Waals surface area contributed by atoms with E-state index < -0.39 is 0 Å². The molecule has 6 heteroatoms. The van der Waals surface area contributed by atoms with Crippen molar-refractivity contribution >= 4 is 22.0 Å². The Balaban J connectivity index is 2.36. The van der Waals surface area contributed by atoms with Crippen LogP contribution in [0.3, 0.4) is 0 Å². The van der Waals surface area contributed by atoms with Crippen molar-refractivity contribution in [2.45, 2.75) is 6.42 Å². The van der Waals surface area contributed by atoms with E-state index in [1.165, 1.54) is 4.90 Å². The first-order valence-electron chi connectivity index (χ1n) is 6.16. The highest BCUT2D eigenvalue weighted by Gasteiger charge is 2.11. The van der Waals surface area contributed by atoms with Crippen LogP contribution in [0.5, 0.6) is 0 Å². The van der Waals surface area contributed by atoms with Gasteiger partial charge in [0.2, 0.25) is 0 Å². The van der Waals surface area contributed by atoms with Crippen molar-refractivity contribution in [2.24, 2.45) is 0 Å². The Kier molecular flexibility index (Phi) is 7.47. The maximum Gasteiger partial charge on any atom is 0.317 e. The first kappa shape index (κ1) is 15.9. The van der Waals surface area contributed by atoms with Gasteiger partial charge in [0.05, 0.1) is 13.2 Å². The SMILES string of the molecule is O=C(NCCc1cccc(Br)c1)N(CCO)CCO. The second-order valence-corrected chi connectivity index (χ2v) is 4.96. The number of halogens is 1. The summed E-state index contributed by atoms with van der Waals surface area (Å²) in [5, 5.41) is 20.4. The summed E-state index contributed by atoms with van der Waals surface area (Å²) in [5.41, 5.74) is 1.13. The van der Waals surface area contributed by atoms with Gasteiger partial charge in [0.15, 0.2) is 0 Å². The monoisotopic (exact) mass is 330 g/mol. The van der Waals surface area contributed by atoms with E-state index in [2.05, 4.69) is 21.2 Å². The number of rotatable bonds is 7. The number of aliphatic hydroxyl groups excluding tert-OH is 2. The zero-order valence-electron chi connectivity index (χ0n) is 10.7. The van der Waals surface area contributed by atoms with Gasteiger partial charge in [0, 0.05) is 24.1 Å². The zero-order valence-corrected chi connectivity index (χ0v) is 12.3. The maximum atomic E-state index is 11.8. The molecule has 0 aromatic heterocycles. The lowest BCUT2D eigenvalue weighted by Gasteiger charge is -2.21. The van der Waals surface area contributed by atoms with Gasteiger partial charge >= 0.3 is 6.03 Å². The van der Waals surface area contributed by atoms with Crippen molar-refractivity contribution in [1.29, 1.82) is 0 Å². The number of hydrogen-bond acceptors (Lipinski definition) is 3. The number of nitrogens with zero attached hydrogens (tertiary/aromatic N) is 1. The number of benzene rings is 1. The highest BCUT2D eigenvalue weighted by atomic mass is 79.9. The van der Waals surface area contributed by atoms with Gasteiger partial charge in [-0.25, -0.2) is 4.79 Å². The van der Waals surface area contributed by atoms with Crippen LogP contribution in [-0.4, -0.2) is 54.0 Å². The van der Waals surface area contributed by atoms with E-state index in [0.29, 0.717) is 6.54 Å². The molecule has 0 heterocycles. The van der Waals surface area contributed by atoms with Gasteiger partial charge in [-0.2, -0.15) is 0 Å². The third-order valence-electron chi connectivity index (χ3n) is 2.61. The van der Waals surface area contributed by atoms with E-state index in [9.17, 15) is 4.79 Å². The van der Waals surface area contributed by atoms with E-state index >= 15 is 0 Å². The van der Waals surface area contributed by atoms with Crippen LogP contribution in [0.15, 0.2) is 28.7 Å². The van der Waals surface area contributed by atoms with Crippen molar-refractivity contribution in [1.82, 2.24) is 10.2 Å². The molecule has 19 heavy (non-hydrogen) atoms. The fourth-order valence-electron chi connectivity index (χ4n) is 1.67. The van der Waals surface area contributed by atoms with Gasteiger partial charge in [-0.15, -0.1) is 0 Å². The second-order valence-electron chi connectivity index (χ2n) is 4.05. The number of carbonyl (C=O) groups is 1. The van der Waals surface area contributed by atoms with Gasteiger partial charge < -0.3 is 20.4 Å². The lowest BCUT2D eigenvalue weighted by Crippen LogP contribution is -2.43. The molecule has 0 aliphatic carbocycles. The summed E-state index contributed by atoms with van der Waals surface area (Å²) in [6, 6.07) is 7.64. The Labute approximate surface area is 121 Å². The van der Waals surface area contributed by atoms with E-state index in [1.807, 2.05) is 24.3 Å². The first-order valence-corrected chi connectivity index (χ1v) is 6.95. The summed E-state index contributed by atoms with van der Waals surface area (Å²) in [5.74, 6) is 0. The first-order chi connectivity index (χ1) is 9.17. The number of amides is 2. The quantitative estimate of drug-likeness (QED) is 0.698. The minimum absolute atomic E-state index is 0.112. The number of carbonyl (C=O) groups excluding carboxylic acids is 1. The molecule has 0 aliphatic rings. The Bertz CT molecular complexity index is 395. The van der Waals surface area contributed by atoms with Crippen LogP contribution in [0.4, 0.5) is 4.79 Å². The fourth-order valence-corrected chi connectivity index (χ4v) is 2.12. The molecule has 2 amide bonds. The minimum atomic E-state index is -0.266. The molecule has 3 N–H and O–H groups in total. The average molecular weight is 331 g/mol. The molecule has 0 bridgehead atoms. The summed E-state index contributed by atoms with van der Waals surface area (Å²) < 4.78 is 1.01. The Hall–Kier alpha value is -1.11. The number of nitrogens with one attached hydrogen (secondary N) is 1. The largest absolute Gasteiger partial charge is 0.395 e. The van der Waals surface area contributed by atoms with Crippen LogP contribution in [0.25, 0.3) is 0 Å². The van der Waals surface area contributed by atoms with Crippen LogP contribution < -0.4 is 5.32 Å². The third kappa shape index (κ3) is 6.04. The standard InChI is InChI=1S/C13H19BrN2O3/c14-12-3-1-2-11(10-12)4-5-15-13(19)16(6-8-17)7-9-18/h1-3,10,17-18H,4-9H2,(H,15,19). The third-order valence-corrected chi connectivity index (χ3v) is 3.10. The van der Waals surface area contributed by atoms with Gasteiger partial charge in [-0.3, -0.25) is 0 Å². The summed E-state index contributed by atoms with van der Waals surface area (Å²) in [6.45, 7) is 0.743. The molecule has 0 saturated carbocycles. The fraction of sp³-hybridized carbons (Fsp3) is 0.462. The van der Waals surface area contributed by atoms with E-state index in [-0.39, 0.29) is 32.3 Å². The van der Waals surface area contributed by atoms with Gasteiger partial charge in [0.1, 0.15) is 0 Å². The van der Waals surface area contributed by atoms with Gasteiger partial charge in [-0.05, 0) is 24.1 Å². The topological polar surface area (TPSA) is 72.8 Å². The molecule has 106 valence electrons. The molecule has 0 fully saturated rings. The zero-order chi connectivity index (χ0) is 14.1. The van der Waals surface area contributed by atoms with Gasteiger partial charge in [0.25, 0.3) is 0 Å². The molecule has 0 atom stereocenters. The van der Waals surface area contributed by atoms with Crippen molar-refractivity contribution in [3.8, 4) is 0 Å². The Morgan fingerprint density at radius 3 is 2.53 bits per heavy atom. The molecule has 0 radical (unpaired) electrons. The van der Waals surface area contributed by atoms with Crippen LogP contribution in [0, 0.1) is 0 Å². The number of hydrogen-bond donors (Lipinski definition) is 3. The van der Waals surface area contributed by atoms with Crippen LogP contribution in [-0.2, 0) is 6.42 Å². The average Bonchev–Trinajstić information content (AvgIpc) is 2.38. The summed E-state index contributed by atoms with van der Waals surface area (Å²) >= 11 is 3.40. The predicted octanol–water partition coefficient (Wildman–Crippen LogP) is 0.988. The molecule has 1 rings (SSSR count). The smallest absolute Gasteiger partial charge is 0.317 e. The molecule has 1 aromatic carbocycles. The molecule has 5 nitrogen and oxygen atoms in total. The second kappa shape index (κ2) is 8.90. The molecule has 0 spiro atoms. The number of urea groups is 1. The molecular weight excluding hydrogens is 312 g/mol. The lowest BCUT2D eigenvalue weighted by atomic mass is 10.1. The van der Waals surface area contributed by atoms with Gasteiger partial charge in [-0.1, -0.05) is 28.1 Å². The predicted molar refractivity (Wildman–Crippen MR) is 77.0 cm³/mol. The summed E-state index contributed by atoms with van der Waals surface area (Å²) in [7, 11) is 0. The lowest BCUT2D eigenvalue weighted by molar-refractivity contribution is 0.158. The molecular formula is C13H19BrN2O3. The van der Waals surface area contributed by atoms with Crippen molar-refractivity contribution in [3.05, 3.63) is 34.3 Å². The normalized spacial score (nSPS) is 10.3. The van der Waals surface area contributed by atoms with E-state index in [0.717, 1.165) is 16.5 Å². The van der Waals surface area contributed by atoms with Crippen molar-refractivity contribution < 1.29 is 15.0 Å².